The summed E-state index contributed by atoms with van der Waals surface area (Å²) in [5.41, 5.74) is -1.41. The first-order valence-corrected chi connectivity index (χ1v) is 25.4. The van der Waals surface area contributed by atoms with Crippen molar-refractivity contribution in [2.24, 2.45) is 10.2 Å². The second-order valence-corrected chi connectivity index (χ2v) is 21.5. The topological polar surface area (TPSA) is 412 Å². The fraction of sp³-hybridized carbons (Fsp3) is 0.138. The van der Waals surface area contributed by atoms with Gasteiger partial charge in [-0.1, -0.05) is 0 Å². The summed E-state index contributed by atoms with van der Waals surface area (Å²) in [6.07, 6.45) is 0. The van der Waals surface area contributed by atoms with Gasteiger partial charge in [0.15, 0.2) is 25.4 Å². The molecule has 7 N–H and O–H groups in total. The zero-order chi connectivity index (χ0) is 46.1. The van der Waals surface area contributed by atoms with Crippen molar-refractivity contribution in [2.75, 3.05) is 35.4 Å². The Kier molecular flexibility index (Phi) is 23.7. The van der Waals surface area contributed by atoms with Crippen LogP contribution in [0.2, 0.25) is 5.28 Å². The first-order chi connectivity index (χ1) is 28.5. The van der Waals surface area contributed by atoms with Gasteiger partial charge in [0.2, 0.25) is 17.2 Å². The Balaban J connectivity index is 0.00000544. The monoisotopic (exact) mass is 1090 g/mol. The van der Waals surface area contributed by atoms with Gasteiger partial charge >= 0.3 is 139 Å². The van der Waals surface area contributed by atoms with E-state index in [4.69, 9.17) is 20.7 Å². The van der Waals surface area contributed by atoms with E-state index in [2.05, 4.69) is 44.2 Å². The van der Waals surface area contributed by atoms with Gasteiger partial charge in [-0.05, 0) is 83.7 Å². The summed E-state index contributed by atoms with van der Waals surface area (Å²) < 4.78 is 188. The molecule has 5 rings (SSSR count). The molecule has 0 saturated carbocycles. The summed E-state index contributed by atoms with van der Waals surface area (Å²) in [6, 6.07) is 11.0. The average molecular weight is 1100 g/mol. The van der Waals surface area contributed by atoms with Gasteiger partial charge in [0, 0.05) is 11.1 Å². The zero-order valence-electron chi connectivity index (χ0n) is 34.2. The van der Waals surface area contributed by atoms with Crippen molar-refractivity contribution in [1.29, 1.82) is 0 Å². The molecule has 5 aromatic rings. The molecule has 0 aliphatic rings. The van der Waals surface area contributed by atoms with Gasteiger partial charge in [0.25, 0.3) is 20.2 Å². The van der Waals surface area contributed by atoms with E-state index in [1.807, 2.05) is 0 Å². The minimum atomic E-state index is -5.31. The molecule has 0 spiro atoms. The number of nitrogens with zero attached hydrogens (tertiary/aromatic N) is 5. The molecule has 4 aromatic carbocycles. The Bertz CT molecular complexity index is 3310. The standard InChI is InChI=1S/C29H26ClN7O19S6.4Na/c30-27-33-28(31-17-1-5-19(6-2-17)57(39,40)11-9-55-61(49,50)51)35-29(34-27)32-22-15-21(59(43,44)45)13-16-14-23(60(46,47)48)25(26(38)24(16)22)37-36-18-3-7-20(8-4-18)58(41,42)12-10-56-62(52,53)54;;;;/h1-8,13-15,38H,9-12H2,(H,43,44,45)(H,46,47,48)(H,49,50,51)(H,52,53,54)(H2,31,32,33,34,35);;;;/q;4*+1. The van der Waals surface area contributed by atoms with E-state index in [-0.39, 0.29) is 145 Å². The van der Waals surface area contributed by atoms with E-state index in [1.54, 1.807) is 0 Å². The molecule has 26 nitrogen and oxygen atoms in total. The Labute approximate surface area is 469 Å². The number of hydrogen-bond donors (Lipinski definition) is 7. The molecule has 37 heteroatoms. The molecular weight excluding hydrogens is 1070 g/mol. The number of benzene rings is 4. The third-order valence-electron chi connectivity index (χ3n) is 7.65. The van der Waals surface area contributed by atoms with E-state index in [0.717, 1.165) is 48.5 Å². The molecule has 0 unspecified atom stereocenters. The number of rotatable bonds is 18. The molecule has 0 radical (unpaired) electrons. The maximum atomic E-state index is 12.5. The van der Waals surface area contributed by atoms with E-state index >= 15 is 0 Å². The zero-order valence-corrected chi connectivity index (χ0v) is 47.8. The van der Waals surface area contributed by atoms with Crippen LogP contribution < -0.4 is 129 Å². The molecule has 66 heavy (non-hydrogen) atoms. The predicted molar refractivity (Wildman–Crippen MR) is 213 cm³/mol. The van der Waals surface area contributed by atoms with Gasteiger partial charge in [-0.3, -0.25) is 18.2 Å². The van der Waals surface area contributed by atoms with Crippen molar-refractivity contribution in [3.8, 4) is 5.75 Å². The Morgan fingerprint density at radius 3 is 1.50 bits per heavy atom. The Morgan fingerprint density at radius 2 is 1.05 bits per heavy atom. The summed E-state index contributed by atoms with van der Waals surface area (Å²) in [5, 5.41) is 22.8. The van der Waals surface area contributed by atoms with Crippen LogP contribution in [0, 0.1) is 0 Å². The van der Waals surface area contributed by atoms with Crippen LogP contribution >= 0.6 is 11.6 Å². The average Bonchev–Trinajstić information content (AvgIpc) is 3.12. The number of halogens is 1. The molecule has 0 aliphatic heterocycles. The fourth-order valence-corrected chi connectivity index (χ4v) is 9.36. The number of azo groups is 1. The largest absolute Gasteiger partial charge is 1.00 e. The fourth-order valence-electron chi connectivity index (χ4n) is 5.02. The normalized spacial score (nSPS) is 12.3. The number of anilines is 4. The summed E-state index contributed by atoms with van der Waals surface area (Å²) in [5.74, 6) is -3.56. The first kappa shape index (κ1) is 62.9. The molecule has 1 aromatic heterocycles. The minimum Gasteiger partial charge on any atom is -0.505 e. The molecule has 0 amide bonds. The van der Waals surface area contributed by atoms with Crippen molar-refractivity contribution < 1.29 is 200 Å². The van der Waals surface area contributed by atoms with Crippen molar-refractivity contribution in [1.82, 2.24) is 15.0 Å². The summed E-state index contributed by atoms with van der Waals surface area (Å²) in [4.78, 5) is 9.23. The van der Waals surface area contributed by atoms with Gasteiger partial charge in [0.05, 0.1) is 50.8 Å². The molecule has 0 atom stereocenters. The minimum absolute atomic E-state index is 0. The van der Waals surface area contributed by atoms with Crippen LogP contribution in [0.1, 0.15) is 0 Å². The number of nitrogens with one attached hydrogen (secondary N) is 2. The van der Waals surface area contributed by atoms with Gasteiger partial charge in [-0.2, -0.15) is 53.7 Å². The van der Waals surface area contributed by atoms with Crippen LogP contribution in [0.5, 0.6) is 5.75 Å². The van der Waals surface area contributed by atoms with Crippen LogP contribution in [0.4, 0.5) is 34.6 Å². The number of phenols is 1. The quantitative estimate of drug-likeness (QED) is 0.0243. The molecule has 0 bridgehead atoms. The number of hydrogen-bond acceptors (Lipinski definition) is 22. The summed E-state index contributed by atoms with van der Waals surface area (Å²) in [7, 11) is -28.4. The third kappa shape index (κ3) is 17.9. The van der Waals surface area contributed by atoms with Gasteiger partial charge in [0.1, 0.15) is 10.6 Å². The summed E-state index contributed by atoms with van der Waals surface area (Å²) in [6.45, 7) is -1.79. The third-order valence-corrected chi connectivity index (χ3v) is 13.8. The van der Waals surface area contributed by atoms with Crippen molar-refractivity contribution in [3.05, 3.63) is 72.0 Å². The van der Waals surface area contributed by atoms with Gasteiger partial charge < -0.3 is 15.7 Å². The van der Waals surface area contributed by atoms with E-state index in [0.29, 0.717) is 6.07 Å². The van der Waals surface area contributed by atoms with Crippen molar-refractivity contribution in [2.45, 2.75) is 19.6 Å². The smallest absolute Gasteiger partial charge is 0.505 e. The number of sulfone groups is 2. The molecule has 1 heterocycles. The summed E-state index contributed by atoms with van der Waals surface area (Å²) >= 11 is 6.10. The van der Waals surface area contributed by atoms with Crippen LogP contribution in [0.25, 0.3) is 10.8 Å². The van der Waals surface area contributed by atoms with Crippen LogP contribution in [-0.4, -0.2) is 113 Å². The molecule has 0 aliphatic carbocycles. The molecule has 334 valence electrons. The van der Waals surface area contributed by atoms with Crippen molar-refractivity contribution >= 4 is 118 Å². The van der Waals surface area contributed by atoms with Gasteiger partial charge in [-0.25, -0.2) is 25.2 Å². The number of aromatic hydroxyl groups is 1. The first-order valence-electron chi connectivity index (χ1n) is 16.1. The Morgan fingerprint density at radius 1 is 0.576 bits per heavy atom. The number of phenolic OH excluding ortho intramolecular Hbond substituents is 1. The number of aromatic nitrogens is 3. The molecular formula is C29H26ClN7Na4O19S6+4. The number of fused-ring (bicyclic) bond motifs is 1. The van der Waals surface area contributed by atoms with Crippen molar-refractivity contribution in [3.63, 3.8) is 0 Å². The van der Waals surface area contributed by atoms with Gasteiger partial charge in [-0.15, -0.1) is 5.11 Å². The van der Waals surface area contributed by atoms with Crippen LogP contribution in [0.15, 0.2) is 96.5 Å². The van der Waals surface area contributed by atoms with Crippen LogP contribution in [0.3, 0.4) is 0 Å². The maximum Gasteiger partial charge on any atom is 1.00 e. The maximum absolute atomic E-state index is 12.5. The van der Waals surface area contributed by atoms with E-state index in [1.165, 1.54) is 12.1 Å². The second-order valence-electron chi connectivity index (χ2n) is 11.9. The predicted octanol–water partition coefficient (Wildman–Crippen LogP) is -9.02. The van der Waals surface area contributed by atoms with Crippen LogP contribution in [-0.2, 0) is 69.1 Å². The molecule has 0 saturated heterocycles. The Hall–Kier alpha value is -1.10. The SMILES string of the molecule is O=S(=O)(O)OCCS(=O)(=O)c1ccc(N=Nc2c(S(=O)(=O)O)cc3cc(S(=O)(=O)O)cc(Nc4nc(Cl)nc(Nc5ccc(S(=O)(=O)CCOS(=O)(=O)O)cc5)n4)c3c2O)cc1.[Na+].[Na+].[Na+].[Na+]. The second kappa shape index (κ2) is 24.8. The molecule has 0 fully saturated rings. The van der Waals surface area contributed by atoms with E-state index < -0.39 is 134 Å². The van der Waals surface area contributed by atoms with E-state index in [9.17, 15) is 64.7 Å².